The molecule has 0 N–H and O–H groups in total. The minimum Gasteiger partial charge on any atom is -0.289 e. The number of para-hydroxylation sites is 2. The molecule has 1 fully saturated rings. The normalized spacial score (nSPS) is 15.7. The van der Waals surface area contributed by atoms with Crippen molar-refractivity contribution in [2.75, 3.05) is 0 Å². The maximum absolute atomic E-state index is 6.40. The number of halogens is 2. The summed E-state index contributed by atoms with van der Waals surface area (Å²) in [5.41, 5.74) is 4.47. The summed E-state index contributed by atoms with van der Waals surface area (Å²) in [6.07, 6.45) is 3.36. The first kappa shape index (κ1) is 19.6. The van der Waals surface area contributed by atoms with Crippen LogP contribution in [-0.4, -0.2) is 4.57 Å². The van der Waals surface area contributed by atoms with E-state index in [1.165, 1.54) is 17.7 Å². The summed E-state index contributed by atoms with van der Waals surface area (Å²) >= 11 is 14.3. The molecule has 5 rings (SSSR count). The lowest BCUT2D eigenvalue weighted by atomic mass is 9.62. The first-order chi connectivity index (χ1) is 14.7. The van der Waals surface area contributed by atoms with Crippen LogP contribution in [0, 0.1) is 0 Å². The van der Waals surface area contributed by atoms with Crippen LogP contribution in [0.2, 0.25) is 10.0 Å². The Bertz CT molecular complexity index is 1240. The van der Waals surface area contributed by atoms with Crippen molar-refractivity contribution in [3.05, 3.63) is 110 Å². The van der Waals surface area contributed by atoms with Crippen LogP contribution in [0.3, 0.4) is 0 Å². The summed E-state index contributed by atoms with van der Waals surface area (Å²) in [5, 5.41) is 3.46. The van der Waals surface area contributed by atoms with Crippen LogP contribution in [0.4, 0.5) is 5.69 Å². The standard InChI is InChI=1S/C25H20Cl2N2S/c26-21-13-12-18(16-22(21)27)25(14-7-15-25)23-17-30-24(28-19-8-3-1-4-9-19)29(23)20-10-5-2-6-11-20/h1-6,8-13,16-17H,7,14-15H2/b28-24+. The SMILES string of the molecule is Clc1ccc(C2(c3cs/c(=N/c4ccccc4)n3-c3ccccc3)CCC2)cc1Cl. The molecule has 0 radical (unpaired) electrons. The molecule has 150 valence electrons. The third-order valence-corrected chi connectivity index (χ3v) is 7.44. The number of rotatable bonds is 4. The van der Waals surface area contributed by atoms with Crippen molar-refractivity contribution < 1.29 is 0 Å². The second-order valence-electron chi connectivity index (χ2n) is 7.59. The lowest BCUT2D eigenvalue weighted by molar-refractivity contribution is 0.289. The first-order valence-corrected chi connectivity index (χ1v) is 11.6. The van der Waals surface area contributed by atoms with Crippen LogP contribution in [-0.2, 0) is 5.41 Å². The second-order valence-corrected chi connectivity index (χ2v) is 9.24. The lowest BCUT2D eigenvalue weighted by Crippen LogP contribution is -2.38. The summed E-state index contributed by atoms with van der Waals surface area (Å²) in [5.74, 6) is 0. The minimum absolute atomic E-state index is 0.0783. The van der Waals surface area contributed by atoms with Gasteiger partial charge in [-0.3, -0.25) is 4.57 Å². The van der Waals surface area contributed by atoms with E-state index in [1.807, 2.05) is 48.5 Å². The zero-order valence-corrected chi connectivity index (χ0v) is 18.6. The van der Waals surface area contributed by atoms with Crippen LogP contribution >= 0.6 is 34.5 Å². The summed E-state index contributed by atoms with van der Waals surface area (Å²) in [4.78, 5) is 5.94. The third kappa shape index (κ3) is 3.41. The number of benzene rings is 3. The molecule has 0 atom stereocenters. The smallest absolute Gasteiger partial charge is 0.194 e. The topological polar surface area (TPSA) is 17.3 Å². The van der Waals surface area contributed by atoms with E-state index >= 15 is 0 Å². The Morgan fingerprint density at radius 2 is 1.53 bits per heavy atom. The second kappa shape index (κ2) is 8.07. The largest absolute Gasteiger partial charge is 0.289 e. The molecule has 30 heavy (non-hydrogen) atoms. The van der Waals surface area contributed by atoms with Gasteiger partial charge < -0.3 is 0 Å². The van der Waals surface area contributed by atoms with E-state index in [1.54, 1.807) is 11.3 Å². The minimum atomic E-state index is -0.0783. The number of nitrogens with zero attached hydrogens (tertiary/aromatic N) is 2. The van der Waals surface area contributed by atoms with Gasteiger partial charge in [-0.25, -0.2) is 4.99 Å². The van der Waals surface area contributed by atoms with E-state index in [0.717, 1.165) is 29.0 Å². The third-order valence-electron chi connectivity index (χ3n) is 5.87. The van der Waals surface area contributed by atoms with E-state index in [2.05, 4.69) is 40.3 Å². The molecule has 4 aromatic rings. The zero-order chi connectivity index (χ0) is 20.6. The zero-order valence-electron chi connectivity index (χ0n) is 16.3. The Morgan fingerprint density at radius 1 is 0.833 bits per heavy atom. The van der Waals surface area contributed by atoms with Crippen molar-refractivity contribution in [3.8, 4) is 5.69 Å². The number of hydrogen-bond acceptors (Lipinski definition) is 2. The fourth-order valence-electron chi connectivity index (χ4n) is 4.18. The molecule has 1 aliphatic rings. The highest BCUT2D eigenvalue weighted by atomic mass is 35.5. The van der Waals surface area contributed by atoms with Gasteiger partial charge in [0.1, 0.15) is 0 Å². The predicted molar refractivity (Wildman–Crippen MR) is 126 cm³/mol. The van der Waals surface area contributed by atoms with Gasteiger partial charge in [0, 0.05) is 22.2 Å². The van der Waals surface area contributed by atoms with Crippen LogP contribution in [0.25, 0.3) is 5.69 Å². The molecule has 1 aromatic heterocycles. The Hall–Kier alpha value is -2.33. The van der Waals surface area contributed by atoms with Crippen molar-refractivity contribution in [2.45, 2.75) is 24.7 Å². The first-order valence-electron chi connectivity index (χ1n) is 9.99. The van der Waals surface area contributed by atoms with Crippen LogP contribution in [0.5, 0.6) is 0 Å². The fraction of sp³-hybridized carbons (Fsp3) is 0.160. The lowest BCUT2D eigenvalue weighted by Gasteiger charge is -2.43. The fourth-order valence-corrected chi connectivity index (χ4v) is 5.49. The summed E-state index contributed by atoms with van der Waals surface area (Å²) in [6.45, 7) is 0. The molecule has 1 aliphatic carbocycles. The Labute approximate surface area is 190 Å². The molecule has 0 amide bonds. The van der Waals surface area contributed by atoms with Gasteiger partial charge >= 0.3 is 0 Å². The molecule has 0 unspecified atom stereocenters. The van der Waals surface area contributed by atoms with E-state index in [-0.39, 0.29) is 5.41 Å². The van der Waals surface area contributed by atoms with Gasteiger partial charge in [0.25, 0.3) is 0 Å². The Balaban J connectivity index is 1.74. The molecule has 0 aliphatic heterocycles. The average Bonchev–Trinajstić information content (AvgIpc) is 3.15. The van der Waals surface area contributed by atoms with Gasteiger partial charge in [0.2, 0.25) is 0 Å². The molecule has 1 saturated carbocycles. The van der Waals surface area contributed by atoms with E-state index in [9.17, 15) is 0 Å². The van der Waals surface area contributed by atoms with Gasteiger partial charge in [0.15, 0.2) is 4.80 Å². The summed E-state index contributed by atoms with van der Waals surface area (Å²) in [6, 6.07) is 26.6. The summed E-state index contributed by atoms with van der Waals surface area (Å²) in [7, 11) is 0. The van der Waals surface area contributed by atoms with Gasteiger partial charge in [0.05, 0.1) is 15.7 Å². The highest BCUT2D eigenvalue weighted by molar-refractivity contribution is 7.07. The highest BCUT2D eigenvalue weighted by Crippen LogP contribution is 2.50. The quantitative estimate of drug-likeness (QED) is 0.305. The molecule has 5 heteroatoms. The van der Waals surface area contributed by atoms with E-state index in [4.69, 9.17) is 28.2 Å². The molecule has 1 heterocycles. The maximum atomic E-state index is 6.40. The molecule has 2 nitrogen and oxygen atoms in total. The molecule has 0 saturated heterocycles. The average molecular weight is 451 g/mol. The van der Waals surface area contributed by atoms with Gasteiger partial charge in [-0.15, -0.1) is 11.3 Å². The van der Waals surface area contributed by atoms with Crippen LogP contribution < -0.4 is 4.80 Å². The monoisotopic (exact) mass is 450 g/mol. The summed E-state index contributed by atoms with van der Waals surface area (Å²) < 4.78 is 2.30. The number of hydrogen-bond donors (Lipinski definition) is 0. The van der Waals surface area contributed by atoms with Crippen molar-refractivity contribution in [3.63, 3.8) is 0 Å². The number of aromatic nitrogens is 1. The van der Waals surface area contributed by atoms with Crippen molar-refractivity contribution >= 4 is 40.2 Å². The van der Waals surface area contributed by atoms with E-state index in [0.29, 0.717) is 10.0 Å². The highest BCUT2D eigenvalue weighted by Gasteiger charge is 2.43. The van der Waals surface area contributed by atoms with Gasteiger partial charge in [-0.2, -0.15) is 0 Å². The molecule has 0 bridgehead atoms. The van der Waals surface area contributed by atoms with Crippen molar-refractivity contribution in [1.29, 1.82) is 0 Å². The molecule has 0 spiro atoms. The van der Waals surface area contributed by atoms with Crippen molar-refractivity contribution in [2.24, 2.45) is 4.99 Å². The molecular formula is C25H20Cl2N2S. The van der Waals surface area contributed by atoms with Gasteiger partial charge in [-0.1, -0.05) is 72.1 Å². The molecular weight excluding hydrogens is 431 g/mol. The maximum Gasteiger partial charge on any atom is 0.194 e. The predicted octanol–water partition coefficient (Wildman–Crippen LogP) is 7.55. The molecule has 3 aromatic carbocycles. The number of thiazole rings is 1. The van der Waals surface area contributed by atoms with Crippen LogP contribution in [0.15, 0.2) is 89.2 Å². The van der Waals surface area contributed by atoms with Crippen molar-refractivity contribution in [1.82, 2.24) is 4.57 Å². The van der Waals surface area contributed by atoms with Crippen LogP contribution in [0.1, 0.15) is 30.5 Å². The Morgan fingerprint density at radius 3 is 2.17 bits per heavy atom. The van der Waals surface area contributed by atoms with E-state index < -0.39 is 0 Å². The van der Waals surface area contributed by atoms with Gasteiger partial charge in [-0.05, 0) is 54.8 Å². The Kier molecular flexibility index (Phi) is 5.28.